The minimum Gasteiger partial charge on any atom is -0.391 e. The molecule has 0 amide bonds. The van der Waals surface area contributed by atoms with Gasteiger partial charge in [0.05, 0.1) is 28.1 Å². The quantitative estimate of drug-likeness (QED) is 0.826. The number of hydrogen-bond donors (Lipinski definition) is 1. The van der Waals surface area contributed by atoms with Crippen molar-refractivity contribution in [2.75, 3.05) is 32.9 Å². The Bertz CT molecular complexity index is 881. The largest absolute Gasteiger partial charge is 0.391 e. The number of hydrogen-bond acceptors (Lipinski definition) is 5. The van der Waals surface area contributed by atoms with Gasteiger partial charge < -0.3 is 5.11 Å². The molecule has 9 heteroatoms. The third-order valence-corrected chi connectivity index (χ3v) is 7.01. The molecule has 0 bridgehead atoms. The summed E-state index contributed by atoms with van der Waals surface area (Å²) in [6.07, 6.45) is -0.667. The maximum absolute atomic E-state index is 12.1. The molecule has 0 spiro atoms. The van der Waals surface area contributed by atoms with Crippen LogP contribution in [-0.2, 0) is 23.6 Å². The molecule has 1 N–H and O–H groups in total. The van der Waals surface area contributed by atoms with Crippen LogP contribution in [0.5, 0.6) is 0 Å². The van der Waals surface area contributed by atoms with Crippen molar-refractivity contribution < 1.29 is 13.5 Å². The van der Waals surface area contributed by atoms with E-state index in [4.69, 9.17) is 11.6 Å². The first-order valence-electron chi connectivity index (χ1n) is 8.09. The number of aliphatic hydroxyl groups excluding tert-OH is 1. The molecule has 7 nitrogen and oxygen atoms in total. The van der Waals surface area contributed by atoms with E-state index in [0.29, 0.717) is 24.7 Å². The third kappa shape index (κ3) is 3.68. The second-order valence-corrected chi connectivity index (χ2v) is 9.42. The van der Waals surface area contributed by atoms with Gasteiger partial charge in [-0.2, -0.15) is 5.10 Å². The molecule has 1 aromatic heterocycles. The number of aliphatic hydroxyl groups is 1. The monoisotopic (exact) mass is 386 g/mol. The number of aryl methyl sites for hydroxylation is 1. The third-order valence-electron chi connectivity index (χ3n) is 4.74. The molecule has 3 rings (SSSR count). The first-order chi connectivity index (χ1) is 11.7. The van der Waals surface area contributed by atoms with Gasteiger partial charge in [-0.1, -0.05) is 17.7 Å². The highest BCUT2D eigenvalue weighted by atomic mass is 35.5. The Hall–Kier alpha value is -1.19. The van der Waals surface area contributed by atoms with Gasteiger partial charge in [-0.25, -0.2) is 12.7 Å². The Balaban J connectivity index is 1.77. The summed E-state index contributed by atoms with van der Waals surface area (Å²) in [7, 11) is 1.55. The summed E-state index contributed by atoms with van der Waals surface area (Å²) in [5, 5.41) is 16.4. The zero-order valence-electron chi connectivity index (χ0n) is 14.6. The van der Waals surface area contributed by atoms with Crippen molar-refractivity contribution >= 4 is 32.5 Å². The number of fused-ring (bicyclic) bond motifs is 1. The predicted octanol–water partition coefficient (Wildman–Crippen LogP) is 0.911. The van der Waals surface area contributed by atoms with Crippen LogP contribution >= 0.6 is 11.6 Å². The molecule has 138 valence electrons. The van der Waals surface area contributed by atoms with Crippen LogP contribution < -0.4 is 0 Å². The Morgan fingerprint density at radius 3 is 2.76 bits per heavy atom. The summed E-state index contributed by atoms with van der Waals surface area (Å²) in [6, 6.07) is 5.68. The minimum atomic E-state index is -3.34. The maximum atomic E-state index is 12.1. The number of benzene rings is 1. The Labute approximate surface area is 152 Å². The van der Waals surface area contributed by atoms with Crippen LogP contribution in [0.15, 0.2) is 18.2 Å². The van der Waals surface area contributed by atoms with Crippen molar-refractivity contribution in [1.29, 1.82) is 0 Å². The number of rotatable bonds is 5. The Kier molecular flexibility index (Phi) is 5.09. The topological polar surface area (TPSA) is 78.7 Å². The van der Waals surface area contributed by atoms with Crippen LogP contribution in [0.4, 0.5) is 0 Å². The van der Waals surface area contributed by atoms with Gasteiger partial charge in [0.1, 0.15) is 0 Å². The average molecular weight is 387 g/mol. The number of nitrogens with zero attached hydrogens (tertiary/aromatic N) is 4. The molecule has 1 fully saturated rings. The minimum absolute atomic E-state index is 0.0542. The molecule has 25 heavy (non-hydrogen) atoms. The zero-order valence-corrected chi connectivity index (χ0v) is 16.1. The highest BCUT2D eigenvalue weighted by Crippen LogP contribution is 2.29. The molecule has 2 heterocycles. The van der Waals surface area contributed by atoms with Crippen LogP contribution in [0.2, 0.25) is 5.02 Å². The molecule has 0 saturated carbocycles. The van der Waals surface area contributed by atoms with Gasteiger partial charge in [0.2, 0.25) is 10.0 Å². The SMILES string of the molecule is CN(C)S(=O)(=O)C[C@@H]1CN(Cc2nn(C)c3cccc(Cl)c23)C[C@H]1O. The number of halogens is 1. The highest BCUT2D eigenvalue weighted by molar-refractivity contribution is 7.89. The van der Waals surface area contributed by atoms with Gasteiger partial charge in [0, 0.05) is 52.1 Å². The van der Waals surface area contributed by atoms with E-state index in [0.717, 1.165) is 16.6 Å². The van der Waals surface area contributed by atoms with Gasteiger partial charge in [-0.05, 0) is 12.1 Å². The lowest BCUT2D eigenvalue weighted by atomic mass is 10.1. The molecule has 0 radical (unpaired) electrons. The molecule has 1 aromatic carbocycles. The van der Waals surface area contributed by atoms with Crippen molar-refractivity contribution in [2.24, 2.45) is 13.0 Å². The first kappa shape index (κ1) is 18.6. The number of β-amino-alcohol motifs (C(OH)–C–C–N with tert-alkyl or cyclic N) is 1. The molecule has 0 unspecified atom stereocenters. The summed E-state index contributed by atoms with van der Waals surface area (Å²) in [5.74, 6) is -0.362. The van der Waals surface area contributed by atoms with Crippen molar-refractivity contribution in [3.8, 4) is 0 Å². The van der Waals surface area contributed by atoms with Crippen molar-refractivity contribution in [3.05, 3.63) is 28.9 Å². The predicted molar refractivity (Wildman–Crippen MR) is 98.0 cm³/mol. The van der Waals surface area contributed by atoms with Crippen molar-refractivity contribution in [3.63, 3.8) is 0 Å². The normalized spacial score (nSPS) is 22.3. The smallest absolute Gasteiger partial charge is 0.214 e. The van der Waals surface area contributed by atoms with Crippen LogP contribution in [0.1, 0.15) is 5.69 Å². The van der Waals surface area contributed by atoms with E-state index < -0.39 is 16.1 Å². The van der Waals surface area contributed by atoms with E-state index in [1.165, 1.54) is 18.4 Å². The molecule has 2 aromatic rings. The van der Waals surface area contributed by atoms with Crippen molar-refractivity contribution in [2.45, 2.75) is 12.6 Å². The van der Waals surface area contributed by atoms with E-state index in [9.17, 15) is 13.5 Å². The fourth-order valence-electron chi connectivity index (χ4n) is 3.33. The second kappa shape index (κ2) is 6.85. The van der Waals surface area contributed by atoms with E-state index in [-0.39, 0.29) is 11.7 Å². The number of sulfonamides is 1. The second-order valence-electron chi connectivity index (χ2n) is 6.79. The lowest BCUT2D eigenvalue weighted by Crippen LogP contribution is -2.33. The Morgan fingerprint density at radius 1 is 1.36 bits per heavy atom. The van der Waals surface area contributed by atoms with Crippen LogP contribution in [0.3, 0.4) is 0 Å². The van der Waals surface area contributed by atoms with Gasteiger partial charge in [0.25, 0.3) is 0 Å². The number of aromatic nitrogens is 2. The summed E-state index contributed by atoms with van der Waals surface area (Å²) in [6.45, 7) is 1.46. The molecule has 1 aliphatic rings. The van der Waals surface area contributed by atoms with Crippen LogP contribution in [0, 0.1) is 5.92 Å². The summed E-state index contributed by atoms with van der Waals surface area (Å²) >= 11 is 6.33. The standard InChI is InChI=1S/C16H23ClN4O3S/c1-19(2)25(23,24)10-11-7-21(9-15(11)22)8-13-16-12(17)5-4-6-14(16)20(3)18-13/h4-6,11,15,22H,7-10H2,1-3H3/t11-,15+/m0/s1. The number of likely N-dealkylation sites (tertiary alicyclic amines) is 1. The lowest BCUT2D eigenvalue weighted by Gasteiger charge is -2.17. The maximum Gasteiger partial charge on any atom is 0.214 e. The Morgan fingerprint density at radius 2 is 2.08 bits per heavy atom. The van der Waals surface area contributed by atoms with Gasteiger partial charge in [-0.3, -0.25) is 9.58 Å². The molecule has 1 saturated heterocycles. The fraction of sp³-hybridized carbons (Fsp3) is 0.562. The van der Waals surface area contributed by atoms with Crippen LogP contribution in [-0.4, -0.2) is 71.6 Å². The summed E-state index contributed by atoms with van der Waals surface area (Å²) in [4.78, 5) is 2.03. The summed E-state index contributed by atoms with van der Waals surface area (Å²) < 4.78 is 27.2. The summed E-state index contributed by atoms with van der Waals surface area (Å²) in [5.41, 5.74) is 1.79. The van der Waals surface area contributed by atoms with Gasteiger partial charge in [0.15, 0.2) is 0 Å². The van der Waals surface area contributed by atoms with Crippen molar-refractivity contribution in [1.82, 2.24) is 19.0 Å². The lowest BCUT2D eigenvalue weighted by molar-refractivity contribution is 0.148. The molecule has 0 aliphatic carbocycles. The zero-order chi connectivity index (χ0) is 18.4. The van der Waals surface area contributed by atoms with Gasteiger partial charge in [-0.15, -0.1) is 0 Å². The van der Waals surface area contributed by atoms with E-state index in [2.05, 4.69) is 5.10 Å². The van der Waals surface area contributed by atoms with E-state index >= 15 is 0 Å². The van der Waals surface area contributed by atoms with E-state index in [1.807, 2.05) is 30.1 Å². The highest BCUT2D eigenvalue weighted by Gasteiger charge is 2.35. The van der Waals surface area contributed by atoms with E-state index in [1.54, 1.807) is 4.68 Å². The molecule has 1 aliphatic heterocycles. The average Bonchev–Trinajstić information content (AvgIpc) is 3.01. The van der Waals surface area contributed by atoms with Gasteiger partial charge >= 0.3 is 0 Å². The first-order valence-corrected chi connectivity index (χ1v) is 10.1. The van der Waals surface area contributed by atoms with Crippen LogP contribution in [0.25, 0.3) is 10.9 Å². The molecule has 2 atom stereocenters. The molecular formula is C16H23ClN4O3S. The fourth-order valence-corrected chi connectivity index (χ4v) is 4.77. The molecular weight excluding hydrogens is 364 g/mol.